The molecule has 0 aliphatic heterocycles. The van der Waals surface area contributed by atoms with E-state index in [9.17, 15) is 0 Å². The minimum Gasteiger partial charge on any atom is -0.498 e. The van der Waals surface area contributed by atoms with Crippen molar-refractivity contribution in [2.45, 2.75) is 32.3 Å². The SMILES string of the molecule is C=COC1CC2C/C(=C/C)C1C2. The lowest BCUT2D eigenvalue weighted by Crippen LogP contribution is -2.19. The van der Waals surface area contributed by atoms with E-state index in [-0.39, 0.29) is 0 Å². The topological polar surface area (TPSA) is 9.23 Å². The van der Waals surface area contributed by atoms with Crippen molar-refractivity contribution in [2.75, 3.05) is 0 Å². The van der Waals surface area contributed by atoms with Crippen LogP contribution in [0, 0.1) is 11.8 Å². The van der Waals surface area contributed by atoms with Crippen LogP contribution in [0.2, 0.25) is 0 Å². The van der Waals surface area contributed by atoms with Gasteiger partial charge in [0.2, 0.25) is 0 Å². The van der Waals surface area contributed by atoms with Gasteiger partial charge in [-0.15, -0.1) is 0 Å². The Labute approximate surface area is 74.1 Å². The molecule has 12 heavy (non-hydrogen) atoms. The maximum atomic E-state index is 5.49. The Morgan fingerprint density at radius 3 is 2.92 bits per heavy atom. The summed E-state index contributed by atoms with van der Waals surface area (Å²) in [4.78, 5) is 0. The lowest BCUT2D eigenvalue weighted by Gasteiger charge is -2.23. The summed E-state index contributed by atoms with van der Waals surface area (Å²) in [6, 6.07) is 0. The number of allylic oxidation sites excluding steroid dienone is 1. The second-order valence-corrected chi connectivity index (χ2v) is 3.85. The number of ether oxygens (including phenoxy) is 1. The van der Waals surface area contributed by atoms with E-state index in [2.05, 4.69) is 19.6 Å². The average Bonchev–Trinajstić information content (AvgIpc) is 2.62. The van der Waals surface area contributed by atoms with Crippen molar-refractivity contribution in [1.82, 2.24) is 0 Å². The first-order valence-electron chi connectivity index (χ1n) is 4.76. The monoisotopic (exact) mass is 164 g/mol. The number of hydrogen-bond acceptors (Lipinski definition) is 1. The van der Waals surface area contributed by atoms with Crippen LogP contribution in [0.25, 0.3) is 0 Å². The minimum absolute atomic E-state index is 0.437. The van der Waals surface area contributed by atoms with E-state index in [4.69, 9.17) is 4.74 Å². The molecule has 0 radical (unpaired) electrons. The van der Waals surface area contributed by atoms with Crippen LogP contribution in [0.4, 0.5) is 0 Å². The highest BCUT2D eigenvalue weighted by Gasteiger charge is 2.43. The smallest absolute Gasteiger partial charge is 0.105 e. The molecule has 2 aliphatic carbocycles. The van der Waals surface area contributed by atoms with Crippen molar-refractivity contribution in [1.29, 1.82) is 0 Å². The molecule has 0 spiro atoms. The van der Waals surface area contributed by atoms with E-state index in [1.54, 1.807) is 11.8 Å². The van der Waals surface area contributed by atoms with Gasteiger partial charge in [0.1, 0.15) is 6.10 Å². The van der Waals surface area contributed by atoms with Gasteiger partial charge in [0, 0.05) is 5.92 Å². The van der Waals surface area contributed by atoms with Gasteiger partial charge in [-0.1, -0.05) is 18.2 Å². The van der Waals surface area contributed by atoms with Crippen molar-refractivity contribution < 1.29 is 4.74 Å². The van der Waals surface area contributed by atoms with E-state index in [1.807, 2.05) is 0 Å². The Hall–Kier alpha value is -0.720. The predicted octanol–water partition coefficient (Wildman–Crippen LogP) is 2.89. The van der Waals surface area contributed by atoms with Gasteiger partial charge in [0.15, 0.2) is 0 Å². The summed E-state index contributed by atoms with van der Waals surface area (Å²) in [6.07, 6.45) is 8.21. The quantitative estimate of drug-likeness (QED) is 0.450. The fourth-order valence-corrected chi connectivity index (χ4v) is 2.75. The number of rotatable bonds is 2. The first-order chi connectivity index (χ1) is 5.85. The van der Waals surface area contributed by atoms with Crippen LogP contribution in [0.5, 0.6) is 0 Å². The summed E-state index contributed by atoms with van der Waals surface area (Å²) in [6.45, 7) is 5.76. The van der Waals surface area contributed by atoms with Crippen LogP contribution in [-0.4, -0.2) is 6.10 Å². The van der Waals surface area contributed by atoms with Crippen LogP contribution < -0.4 is 0 Å². The molecule has 2 bridgehead atoms. The Morgan fingerprint density at radius 2 is 2.33 bits per heavy atom. The minimum atomic E-state index is 0.437. The maximum Gasteiger partial charge on any atom is 0.105 e. The van der Waals surface area contributed by atoms with Crippen molar-refractivity contribution in [2.24, 2.45) is 11.8 Å². The van der Waals surface area contributed by atoms with Crippen LogP contribution in [-0.2, 0) is 4.74 Å². The molecule has 2 rings (SSSR count). The highest BCUT2D eigenvalue weighted by molar-refractivity contribution is 5.19. The molecule has 0 aromatic rings. The van der Waals surface area contributed by atoms with E-state index in [0.29, 0.717) is 12.0 Å². The normalized spacial score (nSPS) is 42.1. The molecular weight excluding hydrogens is 148 g/mol. The first-order valence-corrected chi connectivity index (χ1v) is 4.76. The van der Waals surface area contributed by atoms with Crippen LogP contribution in [0.1, 0.15) is 26.2 Å². The van der Waals surface area contributed by atoms with Crippen LogP contribution >= 0.6 is 0 Å². The highest BCUT2D eigenvalue weighted by Crippen LogP contribution is 2.49. The summed E-state index contributed by atoms with van der Waals surface area (Å²) >= 11 is 0. The van der Waals surface area contributed by atoms with E-state index < -0.39 is 0 Å². The van der Waals surface area contributed by atoms with Gasteiger partial charge in [-0.05, 0) is 32.1 Å². The van der Waals surface area contributed by atoms with Gasteiger partial charge in [0.25, 0.3) is 0 Å². The van der Waals surface area contributed by atoms with Crippen molar-refractivity contribution in [3.8, 4) is 0 Å². The molecule has 0 amide bonds. The zero-order valence-corrected chi connectivity index (χ0v) is 7.62. The largest absolute Gasteiger partial charge is 0.498 e. The Morgan fingerprint density at radius 1 is 1.50 bits per heavy atom. The van der Waals surface area contributed by atoms with E-state index in [0.717, 1.165) is 5.92 Å². The summed E-state index contributed by atoms with van der Waals surface area (Å²) in [5.74, 6) is 1.60. The molecule has 2 aliphatic rings. The maximum absolute atomic E-state index is 5.49. The second kappa shape index (κ2) is 2.96. The Balaban J connectivity index is 2.09. The summed E-state index contributed by atoms with van der Waals surface area (Å²) in [7, 11) is 0. The van der Waals surface area contributed by atoms with Gasteiger partial charge in [0.05, 0.1) is 6.26 Å². The lowest BCUT2D eigenvalue weighted by molar-refractivity contribution is 0.111. The fourth-order valence-electron chi connectivity index (χ4n) is 2.75. The van der Waals surface area contributed by atoms with Gasteiger partial charge in [-0.25, -0.2) is 0 Å². The molecule has 0 aromatic carbocycles. The zero-order chi connectivity index (χ0) is 8.55. The van der Waals surface area contributed by atoms with Gasteiger partial charge >= 0.3 is 0 Å². The van der Waals surface area contributed by atoms with Crippen LogP contribution in [0.3, 0.4) is 0 Å². The van der Waals surface area contributed by atoms with E-state index >= 15 is 0 Å². The third-order valence-electron chi connectivity index (χ3n) is 3.24. The molecule has 0 N–H and O–H groups in total. The van der Waals surface area contributed by atoms with Crippen LogP contribution in [0.15, 0.2) is 24.5 Å². The Bertz CT molecular complexity index is 217. The molecule has 0 heterocycles. The van der Waals surface area contributed by atoms with Gasteiger partial charge < -0.3 is 4.74 Å². The molecule has 3 atom stereocenters. The summed E-state index contributed by atoms with van der Waals surface area (Å²) in [5.41, 5.74) is 1.61. The second-order valence-electron chi connectivity index (χ2n) is 3.85. The molecule has 1 heteroatoms. The van der Waals surface area contributed by atoms with Crippen molar-refractivity contribution in [3.05, 3.63) is 24.5 Å². The molecular formula is C11H16O. The van der Waals surface area contributed by atoms with Crippen molar-refractivity contribution in [3.63, 3.8) is 0 Å². The summed E-state index contributed by atoms with van der Waals surface area (Å²) < 4.78 is 5.49. The molecule has 66 valence electrons. The summed E-state index contributed by atoms with van der Waals surface area (Å²) in [5, 5.41) is 0. The van der Waals surface area contributed by atoms with Gasteiger partial charge in [-0.2, -0.15) is 0 Å². The molecule has 1 nitrogen and oxygen atoms in total. The predicted molar refractivity (Wildman–Crippen MR) is 49.7 cm³/mol. The number of fused-ring (bicyclic) bond motifs is 2. The molecule has 0 aromatic heterocycles. The van der Waals surface area contributed by atoms with Crippen molar-refractivity contribution >= 4 is 0 Å². The number of hydrogen-bond donors (Lipinski definition) is 0. The van der Waals surface area contributed by atoms with E-state index in [1.165, 1.54) is 19.3 Å². The molecule has 0 saturated heterocycles. The third-order valence-corrected chi connectivity index (χ3v) is 3.24. The highest BCUT2D eigenvalue weighted by atomic mass is 16.5. The fraction of sp³-hybridized carbons (Fsp3) is 0.636. The molecule has 2 saturated carbocycles. The standard InChI is InChI=1S/C11H16O/c1-3-9-5-8-6-10(9)11(7-8)12-4-2/h3-4,8,10-11H,2,5-7H2,1H3/b9-3-. The molecule has 2 fully saturated rings. The van der Waals surface area contributed by atoms with Gasteiger partial charge in [-0.3, -0.25) is 0 Å². The molecule has 3 unspecified atom stereocenters. The lowest BCUT2D eigenvalue weighted by atomic mass is 9.92. The zero-order valence-electron chi connectivity index (χ0n) is 7.62. The third kappa shape index (κ3) is 1.08. The average molecular weight is 164 g/mol. The first kappa shape index (κ1) is 7.90. The Kier molecular flexibility index (Phi) is 1.95.